The second-order valence-electron chi connectivity index (χ2n) is 5.08. The van der Waals surface area contributed by atoms with E-state index in [1.165, 1.54) is 0 Å². The van der Waals surface area contributed by atoms with Crippen molar-refractivity contribution in [3.8, 4) is 11.5 Å². The van der Waals surface area contributed by atoms with Gasteiger partial charge in [-0.25, -0.2) is 0 Å². The minimum Gasteiger partial charge on any atom is -0.488 e. The van der Waals surface area contributed by atoms with E-state index in [1.807, 2.05) is 36.4 Å². The van der Waals surface area contributed by atoms with Crippen LogP contribution in [0.4, 0.5) is 0 Å². The van der Waals surface area contributed by atoms with E-state index < -0.39 is 0 Å². The van der Waals surface area contributed by atoms with Crippen molar-refractivity contribution >= 4 is 6.29 Å². The Kier molecular flexibility index (Phi) is 7.80. The van der Waals surface area contributed by atoms with Gasteiger partial charge in [-0.05, 0) is 11.6 Å². The van der Waals surface area contributed by atoms with Crippen LogP contribution in [-0.4, -0.2) is 33.4 Å². The minimum atomic E-state index is 0.133. The Labute approximate surface area is 142 Å². The third-order valence-corrected chi connectivity index (χ3v) is 3.32. The molecule has 0 aromatic heterocycles. The molecule has 0 unspecified atom stereocenters. The number of methoxy groups -OCH3 is 1. The molecule has 5 heteroatoms. The molecule has 0 saturated heterocycles. The number of rotatable bonds is 11. The van der Waals surface area contributed by atoms with Crippen LogP contribution in [0, 0.1) is 0 Å². The van der Waals surface area contributed by atoms with Gasteiger partial charge in [-0.15, -0.1) is 0 Å². The third kappa shape index (κ3) is 6.02. The van der Waals surface area contributed by atoms with Crippen molar-refractivity contribution in [1.29, 1.82) is 0 Å². The van der Waals surface area contributed by atoms with Crippen molar-refractivity contribution < 1.29 is 23.7 Å². The highest BCUT2D eigenvalue weighted by molar-refractivity contribution is 5.58. The molecule has 0 aliphatic rings. The van der Waals surface area contributed by atoms with E-state index >= 15 is 0 Å². The van der Waals surface area contributed by atoms with Gasteiger partial charge in [0.15, 0.2) is 6.79 Å². The molecule has 0 spiro atoms. The zero-order chi connectivity index (χ0) is 17.0. The van der Waals surface area contributed by atoms with E-state index in [-0.39, 0.29) is 6.79 Å². The summed E-state index contributed by atoms with van der Waals surface area (Å²) in [5, 5.41) is 0. The molecule has 0 aliphatic heterocycles. The lowest BCUT2D eigenvalue weighted by atomic mass is 10.1. The lowest BCUT2D eigenvalue weighted by Gasteiger charge is -2.13. The van der Waals surface area contributed by atoms with Crippen LogP contribution in [0.1, 0.15) is 11.1 Å². The molecule has 0 atom stereocenters. The monoisotopic (exact) mass is 330 g/mol. The molecule has 2 aromatic carbocycles. The number of ether oxygens (including phenoxy) is 4. The van der Waals surface area contributed by atoms with Gasteiger partial charge >= 0.3 is 0 Å². The summed E-state index contributed by atoms with van der Waals surface area (Å²) in [7, 11) is 1.62. The second-order valence-corrected chi connectivity index (χ2v) is 5.08. The van der Waals surface area contributed by atoms with Gasteiger partial charge in [0.25, 0.3) is 0 Å². The first-order valence-corrected chi connectivity index (χ1v) is 7.76. The van der Waals surface area contributed by atoms with Gasteiger partial charge in [-0.2, -0.15) is 0 Å². The molecule has 0 N–H and O–H groups in total. The fourth-order valence-corrected chi connectivity index (χ4v) is 2.06. The molecular weight excluding hydrogens is 308 g/mol. The zero-order valence-electron chi connectivity index (χ0n) is 13.8. The smallest absolute Gasteiger partial charge is 0.189 e. The highest BCUT2D eigenvalue weighted by Crippen LogP contribution is 2.26. The molecule has 0 fully saturated rings. The van der Waals surface area contributed by atoms with Crippen LogP contribution in [0.25, 0.3) is 0 Å². The zero-order valence-corrected chi connectivity index (χ0v) is 13.8. The van der Waals surface area contributed by atoms with Crippen molar-refractivity contribution in [2.45, 2.75) is 13.0 Å². The Morgan fingerprint density at radius 1 is 1.00 bits per heavy atom. The van der Waals surface area contributed by atoms with Gasteiger partial charge in [0.05, 0.1) is 13.2 Å². The highest BCUT2D eigenvalue weighted by Gasteiger charge is 2.07. The van der Waals surface area contributed by atoms with Gasteiger partial charge in [0.1, 0.15) is 24.4 Å². The van der Waals surface area contributed by atoms with Gasteiger partial charge in [-0.1, -0.05) is 36.4 Å². The summed E-state index contributed by atoms with van der Waals surface area (Å²) >= 11 is 0. The lowest BCUT2D eigenvalue weighted by Crippen LogP contribution is -2.08. The minimum absolute atomic E-state index is 0.133. The lowest BCUT2D eigenvalue weighted by molar-refractivity contribution is -0.107. The number of carbonyl (C=O) groups is 1. The standard InChI is InChI=1S/C19H22O5/c1-21-11-12-22-15-24-18-8-7-17(9-10-20)19(13-18)23-14-16-5-3-2-4-6-16/h2-8,10,13H,9,11-12,14-15H2,1H3. The quantitative estimate of drug-likeness (QED) is 0.360. The van der Waals surface area contributed by atoms with Crippen molar-refractivity contribution in [2.75, 3.05) is 27.1 Å². The van der Waals surface area contributed by atoms with Gasteiger partial charge in [0.2, 0.25) is 0 Å². The first-order chi connectivity index (χ1) is 11.8. The SMILES string of the molecule is COCCOCOc1ccc(CC=O)c(OCc2ccccc2)c1. The topological polar surface area (TPSA) is 54.0 Å². The Balaban J connectivity index is 1.97. The second kappa shape index (κ2) is 10.4. The normalized spacial score (nSPS) is 10.4. The molecule has 0 amide bonds. The predicted molar refractivity (Wildman–Crippen MR) is 90.3 cm³/mol. The molecule has 0 bridgehead atoms. The average Bonchev–Trinajstić information content (AvgIpc) is 2.62. The molecule has 5 nitrogen and oxygen atoms in total. The summed E-state index contributed by atoms with van der Waals surface area (Å²) in [6, 6.07) is 15.3. The number of hydrogen-bond acceptors (Lipinski definition) is 5. The first-order valence-electron chi connectivity index (χ1n) is 7.76. The summed E-state index contributed by atoms with van der Waals surface area (Å²) in [6.45, 7) is 1.55. The van der Waals surface area contributed by atoms with E-state index in [4.69, 9.17) is 18.9 Å². The summed E-state index contributed by atoms with van der Waals surface area (Å²) in [5.41, 5.74) is 1.89. The molecule has 0 saturated carbocycles. The maximum atomic E-state index is 10.8. The van der Waals surface area contributed by atoms with Gasteiger partial charge < -0.3 is 23.7 Å². The maximum Gasteiger partial charge on any atom is 0.189 e. The summed E-state index contributed by atoms with van der Waals surface area (Å²) in [6.07, 6.45) is 1.16. The van der Waals surface area contributed by atoms with E-state index in [0.29, 0.717) is 37.7 Å². The Morgan fingerprint density at radius 3 is 2.58 bits per heavy atom. The fourth-order valence-electron chi connectivity index (χ4n) is 2.06. The fraction of sp³-hybridized carbons (Fsp3) is 0.316. The number of aldehydes is 1. The van der Waals surface area contributed by atoms with Crippen molar-refractivity contribution in [1.82, 2.24) is 0 Å². The van der Waals surface area contributed by atoms with Crippen molar-refractivity contribution in [2.24, 2.45) is 0 Å². The molecular formula is C19H22O5. The summed E-state index contributed by atoms with van der Waals surface area (Å²) in [5.74, 6) is 1.27. The maximum absolute atomic E-state index is 10.8. The van der Waals surface area contributed by atoms with Crippen LogP contribution in [0.5, 0.6) is 11.5 Å². The molecule has 0 radical (unpaired) electrons. The number of hydrogen-bond donors (Lipinski definition) is 0. The number of benzene rings is 2. The number of carbonyl (C=O) groups excluding carboxylic acids is 1. The summed E-state index contributed by atoms with van der Waals surface area (Å²) < 4.78 is 21.6. The highest BCUT2D eigenvalue weighted by atomic mass is 16.7. The predicted octanol–water partition coefficient (Wildman–Crippen LogP) is 3.01. The molecule has 128 valence electrons. The Hall–Kier alpha value is -2.37. The van der Waals surface area contributed by atoms with E-state index in [2.05, 4.69) is 0 Å². The van der Waals surface area contributed by atoms with Crippen LogP contribution in [0.15, 0.2) is 48.5 Å². The van der Waals surface area contributed by atoms with Crippen molar-refractivity contribution in [3.63, 3.8) is 0 Å². The molecule has 2 rings (SSSR count). The van der Waals surface area contributed by atoms with Crippen LogP contribution in [0.2, 0.25) is 0 Å². The van der Waals surface area contributed by atoms with Crippen molar-refractivity contribution in [3.05, 3.63) is 59.7 Å². The first kappa shape index (κ1) is 18.0. The largest absolute Gasteiger partial charge is 0.488 e. The van der Waals surface area contributed by atoms with E-state index in [1.54, 1.807) is 19.2 Å². The van der Waals surface area contributed by atoms with Gasteiger partial charge in [0, 0.05) is 25.2 Å². The van der Waals surface area contributed by atoms with E-state index in [9.17, 15) is 4.79 Å². The van der Waals surface area contributed by atoms with E-state index in [0.717, 1.165) is 17.4 Å². The Bertz CT molecular complexity index is 612. The average molecular weight is 330 g/mol. The molecule has 0 heterocycles. The third-order valence-electron chi connectivity index (χ3n) is 3.32. The molecule has 0 aliphatic carbocycles. The molecule has 24 heavy (non-hydrogen) atoms. The Morgan fingerprint density at radius 2 is 1.83 bits per heavy atom. The van der Waals surface area contributed by atoms with Gasteiger partial charge in [-0.3, -0.25) is 0 Å². The van der Waals surface area contributed by atoms with Crippen LogP contribution in [0.3, 0.4) is 0 Å². The van der Waals surface area contributed by atoms with Crippen LogP contribution in [-0.2, 0) is 27.3 Å². The van der Waals surface area contributed by atoms with Crippen LogP contribution < -0.4 is 9.47 Å². The summed E-state index contributed by atoms with van der Waals surface area (Å²) in [4.78, 5) is 10.8. The van der Waals surface area contributed by atoms with Crippen LogP contribution >= 0.6 is 0 Å². The molecule has 2 aromatic rings.